The molecule has 1 atom stereocenters. The standard InChI is InChI=1S/C24H23N3O3/c28-23(27(20-10-5-2-6-11-20)21-13-15-25-16-14-21)22-12-7-17-26(22)24(29)30-18-19-8-3-1-4-9-19/h1-6,8-11,13-16,22H,7,12,17-18H2. The van der Waals surface area contributed by atoms with E-state index in [0.717, 1.165) is 17.7 Å². The SMILES string of the molecule is O=C(C1CCCN1C(=O)OCc1ccccc1)N(c1ccccc1)c1ccncc1. The first kappa shape index (κ1) is 19.6. The van der Waals surface area contributed by atoms with Gasteiger partial charge in [-0.1, -0.05) is 48.5 Å². The van der Waals surface area contributed by atoms with Crippen LogP contribution in [0.3, 0.4) is 0 Å². The van der Waals surface area contributed by atoms with E-state index in [-0.39, 0.29) is 12.5 Å². The van der Waals surface area contributed by atoms with Gasteiger partial charge < -0.3 is 4.74 Å². The lowest BCUT2D eigenvalue weighted by molar-refractivity contribution is -0.121. The summed E-state index contributed by atoms with van der Waals surface area (Å²) < 4.78 is 5.49. The van der Waals surface area contributed by atoms with Crippen molar-refractivity contribution in [2.75, 3.05) is 11.4 Å². The highest BCUT2D eigenvalue weighted by Crippen LogP contribution is 2.29. The maximum absolute atomic E-state index is 13.6. The third kappa shape index (κ3) is 4.33. The summed E-state index contributed by atoms with van der Waals surface area (Å²) in [6, 6.07) is 22.0. The Kier molecular flexibility index (Phi) is 6.03. The second-order valence-electron chi connectivity index (χ2n) is 7.11. The third-order valence-electron chi connectivity index (χ3n) is 5.13. The summed E-state index contributed by atoms with van der Waals surface area (Å²) in [6.07, 6.45) is 4.21. The highest BCUT2D eigenvalue weighted by Gasteiger charge is 2.38. The van der Waals surface area contributed by atoms with E-state index in [1.165, 1.54) is 0 Å². The molecule has 2 amide bonds. The zero-order chi connectivity index (χ0) is 20.8. The number of hydrogen-bond acceptors (Lipinski definition) is 4. The lowest BCUT2D eigenvalue weighted by Crippen LogP contribution is -2.46. The Hall–Kier alpha value is -3.67. The van der Waals surface area contributed by atoms with Crippen LogP contribution in [-0.2, 0) is 16.1 Å². The average molecular weight is 401 g/mol. The molecular weight excluding hydrogens is 378 g/mol. The normalized spacial score (nSPS) is 15.6. The van der Waals surface area contributed by atoms with Crippen LogP contribution in [0.1, 0.15) is 18.4 Å². The van der Waals surface area contributed by atoms with Gasteiger partial charge in [0.1, 0.15) is 12.6 Å². The zero-order valence-electron chi connectivity index (χ0n) is 16.6. The van der Waals surface area contributed by atoms with E-state index < -0.39 is 12.1 Å². The van der Waals surface area contributed by atoms with Crippen LogP contribution in [0.5, 0.6) is 0 Å². The highest BCUT2D eigenvalue weighted by atomic mass is 16.6. The molecule has 1 fully saturated rings. The molecule has 152 valence electrons. The van der Waals surface area contributed by atoms with Crippen LogP contribution in [0.15, 0.2) is 85.2 Å². The number of carbonyl (C=O) groups excluding carboxylic acids is 2. The molecule has 6 nitrogen and oxygen atoms in total. The maximum Gasteiger partial charge on any atom is 0.410 e. The first-order valence-electron chi connectivity index (χ1n) is 10.0. The summed E-state index contributed by atoms with van der Waals surface area (Å²) in [4.78, 5) is 33.6. The number of aromatic nitrogens is 1. The topological polar surface area (TPSA) is 62.7 Å². The highest BCUT2D eigenvalue weighted by molar-refractivity contribution is 6.04. The fourth-order valence-electron chi connectivity index (χ4n) is 3.67. The third-order valence-corrected chi connectivity index (χ3v) is 5.13. The Morgan fingerprint density at radius 3 is 2.27 bits per heavy atom. The Bertz CT molecular complexity index is 941. The molecule has 0 saturated carbocycles. The van der Waals surface area contributed by atoms with Gasteiger partial charge in [0.05, 0.1) is 5.69 Å². The lowest BCUT2D eigenvalue weighted by Gasteiger charge is -2.30. The molecule has 2 aromatic carbocycles. The number of rotatable bonds is 5. The van der Waals surface area contributed by atoms with Crippen LogP contribution in [0, 0.1) is 0 Å². The molecule has 2 heterocycles. The maximum atomic E-state index is 13.6. The second kappa shape index (κ2) is 9.22. The van der Waals surface area contributed by atoms with Gasteiger partial charge in [-0.3, -0.25) is 19.6 Å². The Morgan fingerprint density at radius 2 is 1.57 bits per heavy atom. The van der Waals surface area contributed by atoms with Gasteiger partial charge in [-0.05, 0) is 42.7 Å². The van der Waals surface area contributed by atoms with Crippen molar-refractivity contribution in [3.05, 3.63) is 90.8 Å². The van der Waals surface area contributed by atoms with Crippen molar-refractivity contribution in [3.8, 4) is 0 Å². The first-order chi connectivity index (χ1) is 14.7. The van der Waals surface area contributed by atoms with Crippen molar-refractivity contribution < 1.29 is 14.3 Å². The number of carbonyl (C=O) groups is 2. The van der Waals surface area contributed by atoms with Crippen LogP contribution in [-0.4, -0.2) is 34.5 Å². The number of hydrogen-bond donors (Lipinski definition) is 0. The molecule has 1 aliphatic heterocycles. The minimum atomic E-state index is -0.568. The molecule has 1 aromatic heterocycles. The van der Waals surface area contributed by atoms with Crippen molar-refractivity contribution in [2.24, 2.45) is 0 Å². The molecule has 4 rings (SSSR count). The fraction of sp³-hybridized carbons (Fsp3) is 0.208. The molecule has 6 heteroatoms. The van der Waals surface area contributed by atoms with Gasteiger partial charge in [0.2, 0.25) is 0 Å². The van der Waals surface area contributed by atoms with E-state index in [1.54, 1.807) is 34.3 Å². The summed E-state index contributed by atoms with van der Waals surface area (Å²) in [5.41, 5.74) is 2.37. The van der Waals surface area contributed by atoms with Crippen LogP contribution < -0.4 is 4.90 Å². The zero-order valence-corrected chi connectivity index (χ0v) is 16.6. The Labute approximate surface area is 175 Å². The predicted molar refractivity (Wildman–Crippen MR) is 114 cm³/mol. The summed E-state index contributed by atoms with van der Waals surface area (Å²) in [5.74, 6) is -0.151. The van der Waals surface area contributed by atoms with E-state index in [1.807, 2.05) is 60.7 Å². The van der Waals surface area contributed by atoms with Gasteiger partial charge in [-0.25, -0.2) is 4.79 Å². The Morgan fingerprint density at radius 1 is 0.933 bits per heavy atom. The number of likely N-dealkylation sites (tertiary alicyclic amines) is 1. The van der Waals surface area contributed by atoms with Crippen LogP contribution in [0.4, 0.5) is 16.2 Å². The summed E-state index contributed by atoms with van der Waals surface area (Å²) in [5, 5.41) is 0. The quantitative estimate of drug-likeness (QED) is 0.629. The molecule has 1 aliphatic rings. The molecule has 30 heavy (non-hydrogen) atoms. The van der Waals surface area contributed by atoms with Gasteiger partial charge >= 0.3 is 6.09 Å². The summed E-state index contributed by atoms with van der Waals surface area (Å²) in [7, 11) is 0. The van der Waals surface area contributed by atoms with E-state index >= 15 is 0 Å². The molecule has 0 radical (unpaired) electrons. The van der Waals surface area contributed by atoms with Crippen molar-refractivity contribution in [2.45, 2.75) is 25.5 Å². The molecule has 0 bridgehead atoms. The van der Waals surface area contributed by atoms with Crippen molar-refractivity contribution in [1.82, 2.24) is 9.88 Å². The largest absolute Gasteiger partial charge is 0.445 e. The summed E-state index contributed by atoms with van der Waals surface area (Å²) >= 11 is 0. The van der Waals surface area contributed by atoms with Gasteiger partial charge in [-0.2, -0.15) is 0 Å². The van der Waals surface area contributed by atoms with Gasteiger partial charge in [0.15, 0.2) is 0 Å². The number of ether oxygens (including phenoxy) is 1. The number of para-hydroxylation sites is 1. The van der Waals surface area contributed by atoms with Gasteiger partial charge in [0.25, 0.3) is 5.91 Å². The Balaban J connectivity index is 1.54. The number of amides is 2. The smallest absolute Gasteiger partial charge is 0.410 e. The molecule has 1 saturated heterocycles. The van der Waals surface area contributed by atoms with E-state index in [4.69, 9.17) is 4.74 Å². The molecular formula is C24H23N3O3. The molecule has 0 N–H and O–H groups in total. The predicted octanol–water partition coefficient (Wildman–Crippen LogP) is 4.55. The summed E-state index contributed by atoms with van der Waals surface area (Å²) in [6.45, 7) is 0.687. The second-order valence-corrected chi connectivity index (χ2v) is 7.11. The molecule has 1 unspecified atom stereocenters. The lowest BCUT2D eigenvalue weighted by atomic mass is 10.1. The number of pyridine rings is 1. The minimum Gasteiger partial charge on any atom is -0.445 e. The average Bonchev–Trinajstić information content (AvgIpc) is 3.30. The molecule has 0 spiro atoms. The van der Waals surface area contributed by atoms with Crippen molar-refractivity contribution in [3.63, 3.8) is 0 Å². The van der Waals surface area contributed by atoms with E-state index in [2.05, 4.69) is 4.98 Å². The number of benzene rings is 2. The van der Waals surface area contributed by atoms with Crippen LogP contribution in [0.2, 0.25) is 0 Å². The van der Waals surface area contributed by atoms with Crippen LogP contribution in [0.25, 0.3) is 0 Å². The van der Waals surface area contributed by atoms with Gasteiger partial charge in [-0.15, -0.1) is 0 Å². The number of anilines is 2. The van der Waals surface area contributed by atoms with E-state index in [0.29, 0.717) is 18.7 Å². The number of nitrogens with zero attached hydrogens (tertiary/aromatic N) is 3. The monoisotopic (exact) mass is 401 g/mol. The first-order valence-corrected chi connectivity index (χ1v) is 10.0. The van der Waals surface area contributed by atoms with E-state index in [9.17, 15) is 9.59 Å². The molecule has 0 aliphatic carbocycles. The van der Waals surface area contributed by atoms with Gasteiger partial charge in [0, 0.05) is 24.6 Å². The minimum absolute atomic E-state index is 0.151. The fourth-order valence-corrected chi connectivity index (χ4v) is 3.67. The van der Waals surface area contributed by atoms with Crippen molar-refractivity contribution >= 4 is 23.4 Å². The van der Waals surface area contributed by atoms with Crippen LogP contribution >= 0.6 is 0 Å². The van der Waals surface area contributed by atoms with Crippen molar-refractivity contribution in [1.29, 1.82) is 0 Å². The molecule has 3 aromatic rings.